The van der Waals surface area contributed by atoms with Crippen molar-refractivity contribution in [2.24, 2.45) is 4.99 Å². The van der Waals surface area contributed by atoms with E-state index in [1.165, 1.54) is 24.0 Å². The lowest BCUT2D eigenvalue weighted by Gasteiger charge is -2.37. The number of piperazine rings is 1. The van der Waals surface area contributed by atoms with Crippen molar-refractivity contribution in [2.45, 2.75) is 18.8 Å². The van der Waals surface area contributed by atoms with Crippen molar-refractivity contribution in [1.82, 2.24) is 15.2 Å². The zero-order chi connectivity index (χ0) is 17.8. The fourth-order valence-electron chi connectivity index (χ4n) is 4.09. The van der Waals surface area contributed by atoms with E-state index in [0.29, 0.717) is 5.92 Å². The van der Waals surface area contributed by atoms with Gasteiger partial charge in [0.05, 0.1) is 0 Å². The van der Waals surface area contributed by atoms with Gasteiger partial charge in [-0.15, -0.1) is 24.0 Å². The lowest BCUT2D eigenvalue weighted by Crippen LogP contribution is -2.53. The SMILES string of the molecule is CN=C(NCC1CCc2ccccc21)N1CCN(c2ccccn2)CC1.I. The number of guanidine groups is 1. The van der Waals surface area contributed by atoms with Crippen molar-refractivity contribution < 1.29 is 0 Å². The largest absolute Gasteiger partial charge is 0.356 e. The summed E-state index contributed by atoms with van der Waals surface area (Å²) in [5, 5.41) is 3.62. The summed E-state index contributed by atoms with van der Waals surface area (Å²) >= 11 is 0. The lowest BCUT2D eigenvalue weighted by molar-refractivity contribution is 0.370. The highest BCUT2D eigenvalue weighted by Crippen LogP contribution is 2.32. The highest BCUT2D eigenvalue weighted by molar-refractivity contribution is 14.0. The van der Waals surface area contributed by atoms with Crippen LogP contribution in [0.1, 0.15) is 23.5 Å². The molecule has 0 saturated carbocycles. The van der Waals surface area contributed by atoms with Crippen LogP contribution in [-0.4, -0.2) is 55.6 Å². The number of benzene rings is 1. The van der Waals surface area contributed by atoms with Gasteiger partial charge in [0.25, 0.3) is 0 Å². The zero-order valence-corrected chi connectivity index (χ0v) is 18.2. The molecular formula is C21H28IN5. The topological polar surface area (TPSA) is 43.8 Å². The summed E-state index contributed by atoms with van der Waals surface area (Å²) < 4.78 is 0. The summed E-state index contributed by atoms with van der Waals surface area (Å²) in [6, 6.07) is 14.9. The first-order valence-corrected chi connectivity index (χ1v) is 9.54. The third-order valence-corrected chi connectivity index (χ3v) is 5.53. The van der Waals surface area contributed by atoms with Crippen LogP contribution >= 0.6 is 24.0 Å². The molecule has 2 aromatic rings. The number of nitrogens with one attached hydrogen (secondary N) is 1. The van der Waals surface area contributed by atoms with Crippen LogP contribution in [-0.2, 0) is 6.42 Å². The number of halogens is 1. The molecule has 0 radical (unpaired) electrons. The van der Waals surface area contributed by atoms with Crippen molar-refractivity contribution in [1.29, 1.82) is 0 Å². The summed E-state index contributed by atoms with van der Waals surface area (Å²) in [6.45, 7) is 4.85. The fourth-order valence-corrected chi connectivity index (χ4v) is 4.09. The molecule has 144 valence electrons. The molecule has 1 unspecified atom stereocenters. The monoisotopic (exact) mass is 477 g/mol. The molecule has 1 aliphatic heterocycles. The van der Waals surface area contributed by atoms with Crippen LogP contribution < -0.4 is 10.2 Å². The molecule has 27 heavy (non-hydrogen) atoms. The van der Waals surface area contributed by atoms with E-state index in [0.717, 1.165) is 44.5 Å². The molecule has 6 heteroatoms. The van der Waals surface area contributed by atoms with E-state index < -0.39 is 0 Å². The van der Waals surface area contributed by atoms with E-state index in [1.54, 1.807) is 0 Å². The van der Waals surface area contributed by atoms with Crippen LogP contribution in [0, 0.1) is 0 Å². The second-order valence-electron chi connectivity index (χ2n) is 7.02. The molecule has 1 fully saturated rings. The quantitative estimate of drug-likeness (QED) is 0.419. The number of fused-ring (bicyclic) bond motifs is 1. The molecule has 2 aliphatic rings. The van der Waals surface area contributed by atoms with E-state index >= 15 is 0 Å². The zero-order valence-electron chi connectivity index (χ0n) is 15.8. The smallest absolute Gasteiger partial charge is 0.193 e. The van der Waals surface area contributed by atoms with Crippen molar-refractivity contribution in [3.63, 3.8) is 0 Å². The Morgan fingerprint density at radius 3 is 2.63 bits per heavy atom. The maximum absolute atomic E-state index is 4.52. The number of rotatable bonds is 3. The first kappa shape index (κ1) is 19.9. The number of nitrogens with zero attached hydrogens (tertiary/aromatic N) is 4. The van der Waals surface area contributed by atoms with Gasteiger partial charge in [0.2, 0.25) is 0 Å². The van der Waals surface area contributed by atoms with E-state index in [4.69, 9.17) is 0 Å². The Labute approximate surface area is 178 Å². The van der Waals surface area contributed by atoms with Crippen LogP contribution in [0.2, 0.25) is 0 Å². The van der Waals surface area contributed by atoms with Crippen LogP contribution in [0.5, 0.6) is 0 Å². The van der Waals surface area contributed by atoms with Gasteiger partial charge in [-0.05, 0) is 36.1 Å². The molecule has 1 N–H and O–H groups in total. The van der Waals surface area contributed by atoms with Crippen LogP contribution in [0.25, 0.3) is 0 Å². The Bertz CT molecular complexity index is 756. The van der Waals surface area contributed by atoms with Crippen molar-refractivity contribution in [2.75, 3.05) is 44.7 Å². The fraction of sp³-hybridized carbons (Fsp3) is 0.429. The van der Waals surface area contributed by atoms with Gasteiger partial charge in [-0.3, -0.25) is 4.99 Å². The number of anilines is 1. The van der Waals surface area contributed by atoms with Crippen LogP contribution in [0.15, 0.2) is 53.7 Å². The second kappa shape index (κ2) is 9.39. The van der Waals surface area contributed by atoms with E-state index in [1.807, 2.05) is 19.3 Å². The lowest BCUT2D eigenvalue weighted by atomic mass is 10.0. The Morgan fingerprint density at radius 1 is 1.11 bits per heavy atom. The van der Waals surface area contributed by atoms with Gasteiger partial charge in [-0.25, -0.2) is 4.98 Å². The summed E-state index contributed by atoms with van der Waals surface area (Å²) in [4.78, 5) is 13.7. The number of aliphatic imine (C=N–C) groups is 1. The Kier molecular flexibility index (Phi) is 6.93. The third-order valence-electron chi connectivity index (χ3n) is 5.53. The normalized spacial score (nSPS) is 19.4. The van der Waals surface area contributed by atoms with Gasteiger partial charge in [0, 0.05) is 51.9 Å². The van der Waals surface area contributed by atoms with Crippen LogP contribution in [0.3, 0.4) is 0 Å². The highest BCUT2D eigenvalue weighted by Gasteiger charge is 2.24. The molecule has 1 saturated heterocycles. The molecule has 2 heterocycles. The number of pyridine rings is 1. The summed E-state index contributed by atoms with van der Waals surface area (Å²) in [5.41, 5.74) is 3.02. The predicted octanol–water partition coefficient (Wildman–Crippen LogP) is 3.13. The van der Waals surface area contributed by atoms with E-state index in [9.17, 15) is 0 Å². The number of aromatic nitrogens is 1. The average Bonchev–Trinajstić information content (AvgIpc) is 3.13. The molecule has 0 amide bonds. The molecule has 1 atom stereocenters. The Hall–Kier alpha value is -1.83. The Balaban J connectivity index is 0.00000210. The summed E-state index contributed by atoms with van der Waals surface area (Å²) in [5.74, 6) is 2.69. The van der Waals surface area contributed by atoms with Gasteiger partial charge in [0.1, 0.15) is 5.82 Å². The third kappa shape index (κ3) is 4.54. The van der Waals surface area contributed by atoms with Crippen molar-refractivity contribution >= 4 is 35.8 Å². The van der Waals surface area contributed by atoms with Gasteiger partial charge in [-0.2, -0.15) is 0 Å². The average molecular weight is 477 g/mol. The first-order chi connectivity index (χ1) is 12.8. The highest BCUT2D eigenvalue weighted by atomic mass is 127. The van der Waals surface area contributed by atoms with E-state index in [-0.39, 0.29) is 24.0 Å². The molecule has 0 spiro atoms. The maximum atomic E-state index is 4.52. The number of hydrogen-bond donors (Lipinski definition) is 1. The van der Waals surface area contributed by atoms with E-state index in [2.05, 4.69) is 61.5 Å². The minimum absolute atomic E-state index is 0. The molecular weight excluding hydrogens is 449 g/mol. The summed E-state index contributed by atoms with van der Waals surface area (Å²) in [7, 11) is 1.88. The second-order valence-corrected chi connectivity index (χ2v) is 7.02. The number of aryl methyl sites for hydroxylation is 1. The van der Waals surface area contributed by atoms with Gasteiger partial charge in [-0.1, -0.05) is 30.3 Å². The Morgan fingerprint density at radius 2 is 1.89 bits per heavy atom. The molecule has 5 nitrogen and oxygen atoms in total. The predicted molar refractivity (Wildman–Crippen MR) is 122 cm³/mol. The van der Waals surface area contributed by atoms with Crippen LogP contribution in [0.4, 0.5) is 5.82 Å². The van der Waals surface area contributed by atoms with Gasteiger partial charge < -0.3 is 15.1 Å². The molecule has 1 aromatic carbocycles. The molecule has 1 aliphatic carbocycles. The van der Waals surface area contributed by atoms with Crippen molar-refractivity contribution in [3.8, 4) is 0 Å². The first-order valence-electron chi connectivity index (χ1n) is 9.54. The minimum Gasteiger partial charge on any atom is -0.356 e. The van der Waals surface area contributed by atoms with Gasteiger partial charge >= 0.3 is 0 Å². The maximum Gasteiger partial charge on any atom is 0.193 e. The minimum atomic E-state index is 0. The standard InChI is InChI=1S/C21H27N5.HI/c1-22-21(24-16-18-10-9-17-6-2-3-7-19(17)18)26-14-12-25(13-15-26)20-8-4-5-11-23-20;/h2-8,11,18H,9-10,12-16H2,1H3,(H,22,24);1H. The number of hydrogen-bond acceptors (Lipinski definition) is 3. The molecule has 4 rings (SSSR count). The van der Waals surface area contributed by atoms with Gasteiger partial charge in [0.15, 0.2) is 5.96 Å². The van der Waals surface area contributed by atoms with Crippen molar-refractivity contribution in [3.05, 3.63) is 59.8 Å². The summed E-state index contributed by atoms with van der Waals surface area (Å²) in [6.07, 6.45) is 4.29. The molecule has 1 aromatic heterocycles. The molecule has 0 bridgehead atoms.